The number of ether oxygens (including phenoxy) is 1. The minimum absolute atomic E-state index is 0. The van der Waals surface area contributed by atoms with Crippen LogP contribution in [0.5, 0.6) is 0 Å². The zero-order chi connectivity index (χ0) is 14.5. The lowest BCUT2D eigenvalue weighted by Crippen LogP contribution is -2.47. The van der Waals surface area contributed by atoms with Crippen molar-refractivity contribution in [2.75, 3.05) is 39.3 Å². The topological polar surface area (TPSA) is 24.5 Å². The average Bonchev–Trinajstić information content (AvgIpc) is 2.93. The molecule has 2 fully saturated rings. The summed E-state index contributed by atoms with van der Waals surface area (Å²) in [5.41, 5.74) is 1.88. The standard InChI is InChI=1S/C18H28N2O.ClH/c1-18(9-10-19-14-18)15-20-11-12-21-17(13-20)8-7-16-5-3-2-4-6-16;/h2-6,17,19H,7-15H2,1H3;1H. The molecule has 4 heteroatoms. The van der Waals surface area contributed by atoms with Crippen molar-refractivity contribution in [3.63, 3.8) is 0 Å². The number of hydrogen-bond donors (Lipinski definition) is 1. The summed E-state index contributed by atoms with van der Waals surface area (Å²) in [4.78, 5) is 2.62. The third-order valence-corrected chi connectivity index (χ3v) is 4.88. The van der Waals surface area contributed by atoms with Gasteiger partial charge in [-0.1, -0.05) is 37.3 Å². The quantitative estimate of drug-likeness (QED) is 0.901. The van der Waals surface area contributed by atoms with Crippen molar-refractivity contribution in [3.8, 4) is 0 Å². The van der Waals surface area contributed by atoms with E-state index in [-0.39, 0.29) is 12.4 Å². The van der Waals surface area contributed by atoms with Crippen LogP contribution in [0.25, 0.3) is 0 Å². The van der Waals surface area contributed by atoms with Gasteiger partial charge < -0.3 is 10.1 Å². The molecule has 3 nitrogen and oxygen atoms in total. The third-order valence-electron chi connectivity index (χ3n) is 4.88. The van der Waals surface area contributed by atoms with Gasteiger partial charge in [-0.05, 0) is 36.8 Å². The number of nitrogens with zero attached hydrogens (tertiary/aromatic N) is 1. The Morgan fingerprint density at radius 2 is 2.14 bits per heavy atom. The largest absolute Gasteiger partial charge is 0.376 e. The average molecular weight is 325 g/mol. The van der Waals surface area contributed by atoms with Crippen LogP contribution in [0.4, 0.5) is 0 Å². The van der Waals surface area contributed by atoms with E-state index < -0.39 is 0 Å². The highest BCUT2D eigenvalue weighted by Gasteiger charge is 2.32. The monoisotopic (exact) mass is 324 g/mol. The summed E-state index contributed by atoms with van der Waals surface area (Å²) in [6.07, 6.45) is 3.96. The van der Waals surface area contributed by atoms with E-state index in [9.17, 15) is 0 Å². The zero-order valence-corrected chi connectivity index (χ0v) is 14.4. The van der Waals surface area contributed by atoms with Crippen LogP contribution in [0.3, 0.4) is 0 Å². The van der Waals surface area contributed by atoms with Gasteiger partial charge in [0.15, 0.2) is 0 Å². The predicted octanol–water partition coefficient (Wildman–Crippen LogP) is 2.74. The Bertz CT molecular complexity index is 434. The van der Waals surface area contributed by atoms with Crippen LogP contribution in [0.2, 0.25) is 0 Å². The van der Waals surface area contributed by atoms with Crippen LogP contribution in [0.15, 0.2) is 30.3 Å². The predicted molar refractivity (Wildman–Crippen MR) is 93.8 cm³/mol. The summed E-state index contributed by atoms with van der Waals surface area (Å²) < 4.78 is 5.97. The van der Waals surface area contributed by atoms with E-state index >= 15 is 0 Å². The number of aryl methyl sites for hydroxylation is 1. The van der Waals surface area contributed by atoms with E-state index in [0.717, 1.165) is 32.5 Å². The van der Waals surface area contributed by atoms with E-state index in [0.29, 0.717) is 11.5 Å². The summed E-state index contributed by atoms with van der Waals surface area (Å²) >= 11 is 0. The fraction of sp³-hybridized carbons (Fsp3) is 0.667. The second kappa shape index (κ2) is 8.30. The molecule has 1 aromatic rings. The first-order chi connectivity index (χ1) is 10.2. The van der Waals surface area contributed by atoms with Gasteiger partial charge in [0.2, 0.25) is 0 Å². The Balaban J connectivity index is 0.00000176. The Labute approximate surface area is 140 Å². The smallest absolute Gasteiger partial charge is 0.0705 e. The molecule has 124 valence electrons. The van der Waals surface area contributed by atoms with Gasteiger partial charge >= 0.3 is 0 Å². The molecule has 0 spiro atoms. The Morgan fingerprint density at radius 1 is 1.32 bits per heavy atom. The molecular weight excluding hydrogens is 296 g/mol. The third kappa shape index (κ3) is 4.95. The van der Waals surface area contributed by atoms with Crippen LogP contribution in [0.1, 0.15) is 25.3 Å². The van der Waals surface area contributed by atoms with Crippen molar-refractivity contribution in [2.45, 2.75) is 32.3 Å². The maximum absolute atomic E-state index is 5.97. The summed E-state index contributed by atoms with van der Waals surface area (Å²) in [6, 6.07) is 10.8. The molecule has 22 heavy (non-hydrogen) atoms. The molecule has 2 saturated heterocycles. The fourth-order valence-electron chi connectivity index (χ4n) is 3.61. The van der Waals surface area contributed by atoms with Gasteiger partial charge in [-0.3, -0.25) is 4.90 Å². The molecule has 1 aromatic carbocycles. The van der Waals surface area contributed by atoms with Crippen LogP contribution in [0, 0.1) is 5.41 Å². The van der Waals surface area contributed by atoms with Crippen LogP contribution >= 0.6 is 12.4 Å². The minimum Gasteiger partial charge on any atom is -0.376 e. The van der Waals surface area contributed by atoms with E-state index in [1.54, 1.807) is 0 Å². The number of morpholine rings is 1. The number of nitrogens with one attached hydrogen (secondary N) is 1. The molecule has 2 atom stereocenters. The molecule has 0 radical (unpaired) electrons. The molecule has 2 heterocycles. The lowest BCUT2D eigenvalue weighted by molar-refractivity contribution is -0.0414. The minimum atomic E-state index is 0. The van der Waals surface area contributed by atoms with Crippen molar-refractivity contribution in [3.05, 3.63) is 35.9 Å². The number of halogens is 1. The van der Waals surface area contributed by atoms with Gasteiger partial charge in [-0.25, -0.2) is 0 Å². The lowest BCUT2D eigenvalue weighted by Gasteiger charge is -2.37. The van der Waals surface area contributed by atoms with Crippen LogP contribution < -0.4 is 5.32 Å². The summed E-state index contributed by atoms with van der Waals surface area (Å²) in [5, 5.41) is 3.50. The summed E-state index contributed by atoms with van der Waals surface area (Å²) in [5.74, 6) is 0. The van der Waals surface area contributed by atoms with Gasteiger partial charge in [0.25, 0.3) is 0 Å². The molecule has 2 aliphatic heterocycles. The highest BCUT2D eigenvalue weighted by molar-refractivity contribution is 5.85. The highest BCUT2D eigenvalue weighted by Crippen LogP contribution is 2.26. The molecule has 0 amide bonds. The Kier molecular flexibility index (Phi) is 6.69. The first kappa shape index (κ1) is 17.7. The highest BCUT2D eigenvalue weighted by atomic mass is 35.5. The molecule has 0 aliphatic carbocycles. The van der Waals surface area contributed by atoms with Crippen LogP contribution in [-0.4, -0.2) is 50.3 Å². The van der Waals surface area contributed by atoms with Gasteiger partial charge in [-0.15, -0.1) is 12.4 Å². The van der Waals surface area contributed by atoms with E-state index in [2.05, 4.69) is 47.5 Å². The lowest BCUT2D eigenvalue weighted by atomic mass is 9.89. The Hall–Kier alpha value is -0.610. The number of rotatable bonds is 5. The van der Waals surface area contributed by atoms with Gasteiger partial charge in [-0.2, -0.15) is 0 Å². The molecule has 2 aliphatic rings. The Morgan fingerprint density at radius 3 is 2.86 bits per heavy atom. The van der Waals surface area contributed by atoms with Crippen molar-refractivity contribution in [1.82, 2.24) is 10.2 Å². The van der Waals surface area contributed by atoms with Gasteiger partial charge in [0, 0.05) is 26.2 Å². The van der Waals surface area contributed by atoms with Crippen molar-refractivity contribution in [2.24, 2.45) is 5.41 Å². The maximum atomic E-state index is 5.97. The maximum Gasteiger partial charge on any atom is 0.0705 e. The zero-order valence-electron chi connectivity index (χ0n) is 13.6. The summed E-state index contributed by atoms with van der Waals surface area (Å²) in [7, 11) is 0. The number of benzene rings is 1. The normalized spacial score (nSPS) is 29.2. The second-order valence-electron chi connectivity index (χ2n) is 6.99. The van der Waals surface area contributed by atoms with Gasteiger partial charge in [0.1, 0.15) is 0 Å². The molecule has 2 unspecified atom stereocenters. The molecule has 0 aromatic heterocycles. The van der Waals surface area contributed by atoms with Crippen molar-refractivity contribution < 1.29 is 4.74 Å². The molecule has 3 rings (SSSR count). The van der Waals surface area contributed by atoms with Gasteiger partial charge in [0.05, 0.1) is 12.7 Å². The SMILES string of the molecule is CC1(CN2CCOC(CCc3ccccc3)C2)CCNC1.Cl. The molecule has 1 N–H and O–H groups in total. The van der Waals surface area contributed by atoms with Crippen molar-refractivity contribution >= 4 is 12.4 Å². The number of hydrogen-bond acceptors (Lipinski definition) is 3. The van der Waals surface area contributed by atoms with E-state index in [4.69, 9.17) is 4.74 Å². The molecule has 0 saturated carbocycles. The summed E-state index contributed by atoms with van der Waals surface area (Å²) in [6.45, 7) is 9.06. The molecule has 0 bridgehead atoms. The second-order valence-corrected chi connectivity index (χ2v) is 6.99. The van der Waals surface area contributed by atoms with E-state index in [1.807, 2.05) is 0 Å². The van der Waals surface area contributed by atoms with Crippen molar-refractivity contribution in [1.29, 1.82) is 0 Å². The van der Waals surface area contributed by atoms with Crippen LogP contribution in [-0.2, 0) is 11.2 Å². The fourth-order valence-corrected chi connectivity index (χ4v) is 3.61. The molecular formula is C18H29ClN2O. The first-order valence-corrected chi connectivity index (χ1v) is 8.32. The first-order valence-electron chi connectivity index (χ1n) is 8.32. The van der Waals surface area contributed by atoms with E-state index in [1.165, 1.54) is 31.6 Å².